The fourth-order valence-corrected chi connectivity index (χ4v) is 2.88. The highest BCUT2D eigenvalue weighted by Crippen LogP contribution is 2.13. The van der Waals surface area contributed by atoms with Crippen molar-refractivity contribution in [2.75, 3.05) is 46.5 Å². The lowest BCUT2D eigenvalue weighted by molar-refractivity contribution is -0.0226. The Morgan fingerprint density at radius 1 is 1.30 bits per heavy atom. The number of benzene rings is 1. The Kier molecular flexibility index (Phi) is 6.84. The number of rotatable bonds is 8. The summed E-state index contributed by atoms with van der Waals surface area (Å²) in [4.78, 5) is 2.26. The second-order valence-corrected chi connectivity index (χ2v) is 6.72. The highest BCUT2D eigenvalue weighted by atomic mass is 16.5. The van der Waals surface area contributed by atoms with Crippen LogP contribution in [0.4, 0.5) is 0 Å². The summed E-state index contributed by atoms with van der Waals surface area (Å²) in [5.41, 5.74) is 0.532. The molecule has 23 heavy (non-hydrogen) atoms. The van der Waals surface area contributed by atoms with Gasteiger partial charge in [-0.05, 0) is 38.0 Å². The molecule has 5 nitrogen and oxygen atoms in total. The van der Waals surface area contributed by atoms with E-state index in [0.717, 1.165) is 38.5 Å². The van der Waals surface area contributed by atoms with Gasteiger partial charge < -0.3 is 19.9 Å². The fourth-order valence-electron chi connectivity index (χ4n) is 2.88. The van der Waals surface area contributed by atoms with Crippen molar-refractivity contribution < 1.29 is 14.6 Å². The van der Waals surface area contributed by atoms with E-state index in [1.807, 2.05) is 19.1 Å². The number of methoxy groups -OCH3 is 1. The molecule has 2 rings (SSSR count). The molecule has 0 bridgehead atoms. The van der Waals surface area contributed by atoms with Gasteiger partial charge in [0.05, 0.1) is 25.9 Å². The minimum absolute atomic E-state index is 0.305. The Morgan fingerprint density at radius 3 is 2.57 bits per heavy atom. The molecule has 0 spiro atoms. The van der Waals surface area contributed by atoms with Crippen molar-refractivity contribution in [3.8, 4) is 5.75 Å². The van der Waals surface area contributed by atoms with E-state index in [1.54, 1.807) is 7.11 Å². The van der Waals surface area contributed by atoms with Crippen molar-refractivity contribution in [3.63, 3.8) is 0 Å². The summed E-state index contributed by atoms with van der Waals surface area (Å²) in [5.74, 6) is 0.878. The Morgan fingerprint density at radius 2 is 1.96 bits per heavy atom. The molecule has 5 heteroatoms. The number of hydrogen-bond acceptors (Lipinski definition) is 5. The lowest BCUT2D eigenvalue weighted by Gasteiger charge is -2.34. The van der Waals surface area contributed by atoms with Gasteiger partial charge in [0.15, 0.2) is 0 Å². The lowest BCUT2D eigenvalue weighted by atomic mass is 10.0. The largest absolute Gasteiger partial charge is 0.497 e. The van der Waals surface area contributed by atoms with Crippen LogP contribution in [0.25, 0.3) is 0 Å². The van der Waals surface area contributed by atoms with Gasteiger partial charge in [-0.1, -0.05) is 12.1 Å². The van der Waals surface area contributed by atoms with Crippen LogP contribution in [0, 0.1) is 0 Å². The maximum atomic E-state index is 10.6. The number of aliphatic hydroxyl groups is 1. The maximum absolute atomic E-state index is 10.6. The van der Waals surface area contributed by atoms with Crippen LogP contribution >= 0.6 is 0 Å². The van der Waals surface area contributed by atoms with Crippen LogP contribution in [-0.4, -0.2) is 68.2 Å². The number of nitrogens with one attached hydrogen (secondary N) is 1. The van der Waals surface area contributed by atoms with Gasteiger partial charge in [0, 0.05) is 32.2 Å². The van der Waals surface area contributed by atoms with Gasteiger partial charge in [0.2, 0.25) is 0 Å². The molecule has 2 atom stereocenters. The number of ether oxygens (including phenoxy) is 2. The molecule has 2 unspecified atom stereocenters. The van der Waals surface area contributed by atoms with Gasteiger partial charge >= 0.3 is 0 Å². The Labute approximate surface area is 139 Å². The molecule has 1 aliphatic heterocycles. The number of nitrogens with zero attached hydrogens (tertiary/aromatic N) is 1. The SMILES string of the molecule is COc1ccc(CC(C)NCC(C)(O)CN2CCOCC2)cc1. The quantitative estimate of drug-likeness (QED) is 0.755. The molecule has 0 aromatic heterocycles. The lowest BCUT2D eigenvalue weighted by Crippen LogP contribution is -2.51. The van der Waals surface area contributed by atoms with Gasteiger partial charge in [-0.25, -0.2) is 0 Å². The molecule has 0 radical (unpaired) electrons. The van der Waals surface area contributed by atoms with Crippen LogP contribution < -0.4 is 10.1 Å². The van der Waals surface area contributed by atoms with Crippen LogP contribution in [0.3, 0.4) is 0 Å². The molecule has 1 aliphatic rings. The highest BCUT2D eigenvalue weighted by molar-refractivity contribution is 5.27. The first-order chi connectivity index (χ1) is 11.0. The van der Waals surface area contributed by atoms with Crippen molar-refractivity contribution in [1.29, 1.82) is 0 Å². The number of morpholine rings is 1. The van der Waals surface area contributed by atoms with Gasteiger partial charge in [0.25, 0.3) is 0 Å². The summed E-state index contributed by atoms with van der Waals surface area (Å²) in [5, 5.41) is 14.0. The van der Waals surface area contributed by atoms with Gasteiger partial charge in [-0.2, -0.15) is 0 Å². The molecule has 1 aromatic carbocycles. The fraction of sp³-hybridized carbons (Fsp3) is 0.667. The molecule has 1 aromatic rings. The average molecular weight is 322 g/mol. The standard InChI is InChI=1S/C18H30N2O3/c1-15(12-16-4-6-17(22-3)7-5-16)19-13-18(2,21)14-20-8-10-23-11-9-20/h4-7,15,19,21H,8-14H2,1-3H3. The third kappa shape index (κ3) is 6.47. The summed E-state index contributed by atoms with van der Waals surface area (Å²) in [6.45, 7) is 8.63. The zero-order valence-corrected chi connectivity index (χ0v) is 14.5. The van der Waals surface area contributed by atoms with Crippen molar-refractivity contribution in [3.05, 3.63) is 29.8 Å². The van der Waals surface area contributed by atoms with Crippen molar-refractivity contribution >= 4 is 0 Å². The first-order valence-corrected chi connectivity index (χ1v) is 8.37. The van der Waals surface area contributed by atoms with E-state index in [-0.39, 0.29) is 0 Å². The normalized spacial score (nSPS) is 20.0. The molecular weight excluding hydrogens is 292 g/mol. The summed E-state index contributed by atoms with van der Waals surface area (Å²) < 4.78 is 10.5. The van der Waals surface area contributed by atoms with Crippen LogP contribution in [0.5, 0.6) is 5.75 Å². The second-order valence-electron chi connectivity index (χ2n) is 6.72. The van der Waals surface area contributed by atoms with Crippen molar-refractivity contribution in [2.45, 2.75) is 31.9 Å². The molecule has 130 valence electrons. The predicted molar refractivity (Wildman–Crippen MR) is 92.0 cm³/mol. The van der Waals surface area contributed by atoms with E-state index in [1.165, 1.54) is 5.56 Å². The molecule has 1 fully saturated rings. The van der Waals surface area contributed by atoms with Crippen LogP contribution in [-0.2, 0) is 11.2 Å². The second kappa shape index (κ2) is 8.64. The highest BCUT2D eigenvalue weighted by Gasteiger charge is 2.25. The summed E-state index contributed by atoms with van der Waals surface area (Å²) in [6, 6.07) is 8.44. The Hall–Kier alpha value is -1.14. The van der Waals surface area contributed by atoms with E-state index in [9.17, 15) is 5.11 Å². The van der Waals surface area contributed by atoms with Crippen LogP contribution in [0.2, 0.25) is 0 Å². The minimum atomic E-state index is -0.731. The third-order valence-electron chi connectivity index (χ3n) is 4.20. The maximum Gasteiger partial charge on any atom is 0.118 e. The van der Waals surface area contributed by atoms with Crippen molar-refractivity contribution in [1.82, 2.24) is 10.2 Å². The number of β-amino-alcohol motifs (C(OH)–C–C–N with tert-alkyl or cyclic N) is 1. The monoisotopic (exact) mass is 322 g/mol. The van der Waals surface area contributed by atoms with E-state index >= 15 is 0 Å². The Balaban J connectivity index is 1.74. The molecule has 0 saturated carbocycles. The molecule has 1 saturated heterocycles. The van der Waals surface area contributed by atoms with E-state index in [4.69, 9.17) is 9.47 Å². The van der Waals surface area contributed by atoms with E-state index < -0.39 is 5.60 Å². The first-order valence-electron chi connectivity index (χ1n) is 8.37. The minimum Gasteiger partial charge on any atom is -0.497 e. The molecule has 2 N–H and O–H groups in total. The van der Waals surface area contributed by atoms with Gasteiger partial charge in [0.1, 0.15) is 5.75 Å². The Bertz CT molecular complexity index is 456. The van der Waals surface area contributed by atoms with E-state index in [0.29, 0.717) is 19.1 Å². The summed E-state index contributed by atoms with van der Waals surface area (Å²) in [7, 11) is 1.68. The molecule has 1 heterocycles. The molecular formula is C18H30N2O3. The van der Waals surface area contributed by atoms with Crippen LogP contribution in [0.15, 0.2) is 24.3 Å². The summed E-state index contributed by atoms with van der Waals surface area (Å²) >= 11 is 0. The zero-order chi connectivity index (χ0) is 16.7. The van der Waals surface area contributed by atoms with Gasteiger partial charge in [-0.3, -0.25) is 4.90 Å². The smallest absolute Gasteiger partial charge is 0.118 e. The molecule has 0 amide bonds. The predicted octanol–water partition coefficient (Wildman–Crippen LogP) is 1.30. The topological polar surface area (TPSA) is 54.0 Å². The average Bonchev–Trinajstić information content (AvgIpc) is 2.54. The number of hydrogen-bond donors (Lipinski definition) is 2. The van der Waals surface area contributed by atoms with Gasteiger partial charge in [-0.15, -0.1) is 0 Å². The van der Waals surface area contributed by atoms with Crippen molar-refractivity contribution in [2.24, 2.45) is 0 Å². The summed E-state index contributed by atoms with van der Waals surface area (Å²) in [6.07, 6.45) is 0.928. The van der Waals surface area contributed by atoms with E-state index in [2.05, 4.69) is 29.3 Å². The van der Waals surface area contributed by atoms with Crippen LogP contribution in [0.1, 0.15) is 19.4 Å². The molecule has 0 aliphatic carbocycles. The first kappa shape index (κ1) is 18.2. The third-order valence-corrected chi connectivity index (χ3v) is 4.20. The zero-order valence-electron chi connectivity index (χ0n) is 14.5.